The van der Waals surface area contributed by atoms with Gasteiger partial charge in [0.05, 0.1) is 5.69 Å². The zero-order chi connectivity index (χ0) is 27.4. The maximum Gasteiger partial charge on any atom is 0.573 e. The van der Waals surface area contributed by atoms with Crippen LogP contribution in [0.3, 0.4) is 0 Å². The SMILES string of the molecule is CCc1nc2sc(C)cn2c1C(=O)CCc1ccc(N2CC3(C2)CN(c2ccc(OC(F)(F)F)cc2)C3)cc1. The topological polar surface area (TPSA) is 50.1 Å². The fraction of sp³-hybridized carbons (Fsp3) is 0.379. The van der Waals surface area contributed by atoms with Gasteiger partial charge in [-0.05, 0) is 61.7 Å². The average Bonchev–Trinajstić information content (AvgIpc) is 3.37. The van der Waals surface area contributed by atoms with E-state index in [2.05, 4.69) is 43.8 Å². The van der Waals surface area contributed by atoms with Gasteiger partial charge in [-0.15, -0.1) is 24.5 Å². The number of Topliss-reactive ketones (excluding diaryl/α,β-unsaturated/α-hetero) is 1. The molecule has 39 heavy (non-hydrogen) atoms. The number of aromatic nitrogens is 2. The number of aryl methyl sites for hydroxylation is 3. The maximum absolute atomic E-state index is 13.1. The Balaban J connectivity index is 0.998. The highest BCUT2D eigenvalue weighted by Crippen LogP contribution is 2.44. The molecule has 2 aromatic heterocycles. The van der Waals surface area contributed by atoms with E-state index in [1.165, 1.54) is 17.8 Å². The highest BCUT2D eigenvalue weighted by molar-refractivity contribution is 7.17. The van der Waals surface area contributed by atoms with Gasteiger partial charge in [-0.2, -0.15) is 0 Å². The Morgan fingerprint density at radius 2 is 1.59 bits per heavy atom. The van der Waals surface area contributed by atoms with E-state index in [1.807, 2.05) is 24.4 Å². The number of benzene rings is 2. The van der Waals surface area contributed by atoms with Gasteiger partial charge in [-0.25, -0.2) is 4.98 Å². The molecule has 0 N–H and O–H groups in total. The molecular weight excluding hydrogens is 525 g/mol. The van der Waals surface area contributed by atoms with Crippen molar-refractivity contribution in [3.8, 4) is 5.75 Å². The molecule has 4 aromatic rings. The number of fused-ring (bicyclic) bond motifs is 1. The van der Waals surface area contributed by atoms with Gasteiger partial charge in [0.1, 0.15) is 11.4 Å². The molecule has 2 aliphatic heterocycles. The van der Waals surface area contributed by atoms with Gasteiger partial charge in [-0.3, -0.25) is 9.20 Å². The number of hydrogen-bond donors (Lipinski definition) is 0. The highest BCUT2D eigenvalue weighted by Gasteiger charge is 2.51. The number of ketones is 1. The molecule has 6 rings (SSSR count). The predicted molar refractivity (Wildman–Crippen MR) is 146 cm³/mol. The molecule has 0 atom stereocenters. The molecule has 204 valence electrons. The number of nitrogens with zero attached hydrogens (tertiary/aromatic N) is 4. The third kappa shape index (κ3) is 5.09. The molecular formula is C29H29F3N4O2S. The molecule has 0 unspecified atom stereocenters. The molecule has 2 fully saturated rings. The summed E-state index contributed by atoms with van der Waals surface area (Å²) in [6, 6.07) is 14.5. The minimum absolute atomic E-state index is 0.128. The van der Waals surface area contributed by atoms with Crippen LogP contribution < -0.4 is 14.5 Å². The average molecular weight is 555 g/mol. The molecule has 0 amide bonds. The first-order chi connectivity index (χ1) is 18.6. The summed E-state index contributed by atoms with van der Waals surface area (Å²) in [4.78, 5) is 24.3. The zero-order valence-electron chi connectivity index (χ0n) is 21.8. The van der Waals surface area contributed by atoms with Crippen LogP contribution in [0, 0.1) is 12.3 Å². The number of carbonyl (C=O) groups is 1. The Morgan fingerprint density at radius 1 is 1.00 bits per heavy atom. The van der Waals surface area contributed by atoms with Crippen LogP contribution >= 0.6 is 11.3 Å². The van der Waals surface area contributed by atoms with E-state index in [0.29, 0.717) is 12.8 Å². The third-order valence-corrected chi connectivity index (χ3v) is 8.49. The van der Waals surface area contributed by atoms with Crippen molar-refractivity contribution in [1.29, 1.82) is 0 Å². The van der Waals surface area contributed by atoms with Gasteiger partial charge in [0, 0.05) is 60.5 Å². The summed E-state index contributed by atoms with van der Waals surface area (Å²) in [5.74, 6) is -0.0745. The number of ether oxygens (including phenoxy) is 1. The van der Waals surface area contributed by atoms with E-state index in [4.69, 9.17) is 0 Å². The standard InChI is InChI=1S/C29H29F3N4O2S/c1-3-24-26(36-14-19(2)39-27(36)33-24)25(37)13-6-20-4-7-21(8-5-20)34-15-28(16-34)17-35(18-28)22-9-11-23(12-10-22)38-29(30,31)32/h4-5,7-12,14H,3,6,13,15-18H2,1-2H3. The Morgan fingerprint density at radius 3 is 2.15 bits per heavy atom. The predicted octanol–water partition coefficient (Wildman–Crippen LogP) is 6.31. The van der Waals surface area contributed by atoms with Gasteiger partial charge in [0.15, 0.2) is 10.7 Å². The van der Waals surface area contributed by atoms with Crippen molar-refractivity contribution in [2.45, 2.75) is 39.5 Å². The molecule has 0 saturated carbocycles. The van der Waals surface area contributed by atoms with E-state index in [-0.39, 0.29) is 16.9 Å². The largest absolute Gasteiger partial charge is 0.573 e. The third-order valence-electron chi connectivity index (χ3n) is 7.60. The number of thiazole rings is 1. The number of imidazole rings is 1. The van der Waals surface area contributed by atoms with E-state index in [0.717, 1.165) is 65.1 Å². The van der Waals surface area contributed by atoms with Crippen molar-refractivity contribution in [3.05, 3.63) is 76.6 Å². The van der Waals surface area contributed by atoms with Gasteiger partial charge in [0.25, 0.3) is 0 Å². The molecule has 0 radical (unpaired) electrons. The number of hydrogen-bond acceptors (Lipinski definition) is 6. The van der Waals surface area contributed by atoms with Crippen LogP contribution in [0.15, 0.2) is 54.7 Å². The first kappa shape index (κ1) is 25.7. The summed E-state index contributed by atoms with van der Waals surface area (Å²) < 4.78 is 43.0. The Bertz CT molecular complexity index is 1490. The minimum atomic E-state index is -4.68. The fourth-order valence-corrected chi connectivity index (χ4v) is 6.59. The molecule has 4 heterocycles. The van der Waals surface area contributed by atoms with E-state index >= 15 is 0 Å². The van der Waals surface area contributed by atoms with Crippen LogP contribution in [-0.2, 0) is 12.8 Å². The second-order valence-electron chi connectivity index (χ2n) is 10.6. The van der Waals surface area contributed by atoms with Gasteiger partial charge in [-0.1, -0.05) is 19.1 Å². The molecule has 10 heteroatoms. The van der Waals surface area contributed by atoms with Gasteiger partial charge >= 0.3 is 6.36 Å². The summed E-state index contributed by atoms with van der Waals surface area (Å²) >= 11 is 1.61. The Labute approximate surface area is 228 Å². The zero-order valence-corrected chi connectivity index (χ0v) is 22.6. The summed E-state index contributed by atoms with van der Waals surface area (Å²) in [5.41, 5.74) is 5.02. The number of carbonyl (C=O) groups excluding carboxylic acids is 1. The lowest BCUT2D eigenvalue weighted by Gasteiger charge is -2.61. The van der Waals surface area contributed by atoms with Crippen molar-refractivity contribution in [3.63, 3.8) is 0 Å². The lowest BCUT2D eigenvalue weighted by Crippen LogP contribution is -2.72. The highest BCUT2D eigenvalue weighted by atomic mass is 32.1. The number of halogens is 3. The molecule has 1 spiro atoms. The maximum atomic E-state index is 13.1. The lowest BCUT2D eigenvalue weighted by atomic mass is 9.72. The Hall–Kier alpha value is -3.53. The number of anilines is 2. The minimum Gasteiger partial charge on any atom is -0.406 e. The van der Waals surface area contributed by atoms with Crippen LogP contribution in [0.2, 0.25) is 0 Å². The van der Waals surface area contributed by atoms with Crippen LogP contribution in [0.1, 0.15) is 40.0 Å². The smallest absolute Gasteiger partial charge is 0.406 e. The number of alkyl halides is 3. The monoisotopic (exact) mass is 554 g/mol. The van der Waals surface area contributed by atoms with Crippen molar-refractivity contribution in [2.75, 3.05) is 36.0 Å². The van der Waals surface area contributed by atoms with Crippen LogP contribution in [-0.4, -0.2) is 47.7 Å². The second-order valence-corrected chi connectivity index (χ2v) is 11.8. The number of rotatable bonds is 8. The first-order valence-corrected chi connectivity index (χ1v) is 13.9. The molecule has 0 aliphatic carbocycles. The summed E-state index contributed by atoms with van der Waals surface area (Å²) in [6.07, 6.45) is -0.811. The molecule has 2 saturated heterocycles. The summed E-state index contributed by atoms with van der Waals surface area (Å²) in [6.45, 7) is 7.73. The normalized spacial score (nSPS) is 16.4. The second kappa shape index (κ2) is 9.59. The Kier molecular flexibility index (Phi) is 6.32. The lowest BCUT2D eigenvalue weighted by molar-refractivity contribution is -0.274. The van der Waals surface area contributed by atoms with Gasteiger partial charge in [0.2, 0.25) is 0 Å². The summed E-state index contributed by atoms with van der Waals surface area (Å²) in [7, 11) is 0. The van der Waals surface area contributed by atoms with Crippen LogP contribution in [0.4, 0.5) is 24.5 Å². The van der Waals surface area contributed by atoms with Crippen LogP contribution in [0.25, 0.3) is 4.96 Å². The molecule has 2 aliphatic rings. The van der Waals surface area contributed by atoms with Crippen LogP contribution in [0.5, 0.6) is 5.75 Å². The van der Waals surface area contributed by atoms with E-state index < -0.39 is 6.36 Å². The van der Waals surface area contributed by atoms with Crippen molar-refractivity contribution in [1.82, 2.24) is 9.38 Å². The quantitative estimate of drug-likeness (QED) is 0.239. The van der Waals surface area contributed by atoms with Crippen molar-refractivity contribution < 1.29 is 22.7 Å². The van der Waals surface area contributed by atoms with E-state index in [9.17, 15) is 18.0 Å². The first-order valence-electron chi connectivity index (χ1n) is 13.1. The summed E-state index contributed by atoms with van der Waals surface area (Å²) in [5, 5.41) is 0. The molecule has 0 bridgehead atoms. The van der Waals surface area contributed by atoms with E-state index in [1.54, 1.807) is 23.5 Å². The molecule has 6 nitrogen and oxygen atoms in total. The van der Waals surface area contributed by atoms with Gasteiger partial charge < -0.3 is 14.5 Å². The van der Waals surface area contributed by atoms with Crippen molar-refractivity contribution >= 4 is 33.5 Å². The fourth-order valence-electron chi connectivity index (χ4n) is 5.74. The molecule has 2 aromatic carbocycles. The van der Waals surface area contributed by atoms with Crippen molar-refractivity contribution in [2.24, 2.45) is 5.41 Å².